The minimum absolute atomic E-state index is 0.537. The van der Waals surface area contributed by atoms with Crippen molar-refractivity contribution in [3.05, 3.63) is 48.1 Å². The second kappa shape index (κ2) is 8.25. The van der Waals surface area contributed by atoms with Crippen molar-refractivity contribution >= 4 is 0 Å². The third kappa shape index (κ3) is 7.95. The van der Waals surface area contributed by atoms with Crippen LogP contribution >= 0.6 is 0 Å². The normalized spacial score (nSPS) is 15.1. The van der Waals surface area contributed by atoms with E-state index in [1.54, 1.807) is 0 Å². The molecule has 0 aliphatic heterocycles. The van der Waals surface area contributed by atoms with Crippen LogP contribution in [0.5, 0.6) is 0 Å². The van der Waals surface area contributed by atoms with Crippen LogP contribution in [0.2, 0.25) is 0 Å². The van der Waals surface area contributed by atoms with E-state index in [1.807, 2.05) is 13.0 Å². The summed E-state index contributed by atoms with van der Waals surface area (Å²) < 4.78 is 0. The van der Waals surface area contributed by atoms with Crippen molar-refractivity contribution in [1.82, 2.24) is 0 Å². The summed E-state index contributed by atoms with van der Waals surface area (Å²) >= 11 is 0. The summed E-state index contributed by atoms with van der Waals surface area (Å²) in [6.45, 7) is 10.7. The van der Waals surface area contributed by atoms with Gasteiger partial charge in [-0.05, 0) is 26.2 Å². The summed E-state index contributed by atoms with van der Waals surface area (Å²) in [5.74, 6) is 0.537. The van der Waals surface area contributed by atoms with Crippen LogP contribution in [-0.2, 0) is 0 Å². The lowest BCUT2D eigenvalue weighted by Crippen LogP contribution is -1.95. The van der Waals surface area contributed by atoms with Gasteiger partial charge in [-0.3, -0.25) is 0 Å². The van der Waals surface area contributed by atoms with Crippen molar-refractivity contribution in [3.8, 4) is 0 Å². The molecule has 0 saturated heterocycles. The topological polar surface area (TPSA) is 26.0 Å². The van der Waals surface area contributed by atoms with Gasteiger partial charge in [0.1, 0.15) is 0 Å². The fraction of sp³-hybridized carbons (Fsp3) is 0.429. The molecule has 0 aromatic rings. The Labute approximate surface area is 94.1 Å². The maximum absolute atomic E-state index is 5.42. The molecule has 2 N–H and O–H groups in total. The third-order valence-electron chi connectivity index (χ3n) is 2.11. The molecule has 1 unspecified atom stereocenters. The molecule has 0 heterocycles. The molecule has 1 heteroatoms. The first-order valence-corrected chi connectivity index (χ1v) is 5.45. The Balaban J connectivity index is 4.19. The standard InChI is InChI=1S/C14H23N/c1-5-14(7-6-10-15)11-13(4)9-8-12(2)3/h5-9,13H,2,10-11,15H2,1,3-4H3/b7-6-,9-8-,14-5+. The second-order valence-corrected chi connectivity index (χ2v) is 3.89. The average Bonchev–Trinajstić information content (AvgIpc) is 2.21. The summed E-state index contributed by atoms with van der Waals surface area (Å²) in [6, 6.07) is 0. The first kappa shape index (κ1) is 13.9. The molecule has 15 heavy (non-hydrogen) atoms. The molecule has 0 saturated carbocycles. The highest BCUT2D eigenvalue weighted by Crippen LogP contribution is 2.14. The van der Waals surface area contributed by atoms with Gasteiger partial charge in [0.2, 0.25) is 0 Å². The monoisotopic (exact) mass is 205 g/mol. The first-order chi connectivity index (χ1) is 7.10. The SMILES string of the molecule is C=C(C)/C=C\C(C)CC(/C=C\CN)=C/C. The maximum Gasteiger partial charge on any atom is 0.0110 e. The van der Waals surface area contributed by atoms with Gasteiger partial charge in [-0.25, -0.2) is 0 Å². The Hall–Kier alpha value is -1.08. The molecule has 0 bridgehead atoms. The highest BCUT2D eigenvalue weighted by Gasteiger charge is 1.98. The van der Waals surface area contributed by atoms with Gasteiger partial charge >= 0.3 is 0 Å². The van der Waals surface area contributed by atoms with E-state index in [0.717, 1.165) is 12.0 Å². The maximum atomic E-state index is 5.42. The summed E-state index contributed by atoms with van der Waals surface area (Å²) in [7, 11) is 0. The molecule has 0 rings (SSSR count). The van der Waals surface area contributed by atoms with Gasteiger partial charge in [0.25, 0.3) is 0 Å². The van der Waals surface area contributed by atoms with Gasteiger partial charge < -0.3 is 5.73 Å². The van der Waals surface area contributed by atoms with Gasteiger partial charge in [-0.1, -0.05) is 55.0 Å². The van der Waals surface area contributed by atoms with E-state index >= 15 is 0 Å². The molecule has 0 amide bonds. The number of rotatable bonds is 6. The van der Waals surface area contributed by atoms with Crippen molar-refractivity contribution in [3.63, 3.8) is 0 Å². The van der Waals surface area contributed by atoms with Crippen molar-refractivity contribution in [1.29, 1.82) is 0 Å². The smallest absolute Gasteiger partial charge is 0.0110 e. The predicted octanol–water partition coefficient (Wildman–Crippen LogP) is 3.61. The van der Waals surface area contributed by atoms with E-state index in [2.05, 4.69) is 44.7 Å². The van der Waals surface area contributed by atoms with Crippen LogP contribution in [0.25, 0.3) is 0 Å². The van der Waals surface area contributed by atoms with E-state index < -0.39 is 0 Å². The minimum Gasteiger partial charge on any atom is -0.327 e. The van der Waals surface area contributed by atoms with E-state index in [1.165, 1.54) is 5.57 Å². The molecule has 0 spiro atoms. The average molecular weight is 205 g/mol. The Morgan fingerprint density at radius 3 is 2.53 bits per heavy atom. The van der Waals surface area contributed by atoms with Crippen LogP contribution in [0.3, 0.4) is 0 Å². The molecule has 0 radical (unpaired) electrons. The summed E-state index contributed by atoms with van der Waals surface area (Å²) in [5, 5.41) is 0. The van der Waals surface area contributed by atoms with Gasteiger partial charge in [0.05, 0.1) is 0 Å². The fourth-order valence-electron chi connectivity index (χ4n) is 1.27. The summed E-state index contributed by atoms with van der Waals surface area (Å²) in [4.78, 5) is 0. The molecule has 0 aliphatic rings. The minimum atomic E-state index is 0.537. The highest BCUT2D eigenvalue weighted by atomic mass is 14.5. The number of hydrogen-bond donors (Lipinski definition) is 1. The Morgan fingerprint density at radius 2 is 2.07 bits per heavy atom. The van der Waals surface area contributed by atoms with Crippen LogP contribution in [0.4, 0.5) is 0 Å². The van der Waals surface area contributed by atoms with Crippen molar-refractivity contribution in [2.45, 2.75) is 27.2 Å². The lowest BCUT2D eigenvalue weighted by molar-refractivity contribution is 0.725. The molecule has 0 aromatic carbocycles. The number of hydrogen-bond acceptors (Lipinski definition) is 1. The highest BCUT2D eigenvalue weighted by molar-refractivity contribution is 5.20. The second-order valence-electron chi connectivity index (χ2n) is 3.89. The zero-order valence-electron chi connectivity index (χ0n) is 10.2. The van der Waals surface area contributed by atoms with Crippen LogP contribution in [0.1, 0.15) is 27.2 Å². The van der Waals surface area contributed by atoms with Crippen LogP contribution in [0, 0.1) is 5.92 Å². The van der Waals surface area contributed by atoms with Gasteiger partial charge in [0, 0.05) is 6.54 Å². The van der Waals surface area contributed by atoms with Crippen molar-refractivity contribution < 1.29 is 0 Å². The molecular weight excluding hydrogens is 182 g/mol. The van der Waals surface area contributed by atoms with Crippen molar-refractivity contribution in [2.75, 3.05) is 6.54 Å². The van der Waals surface area contributed by atoms with Crippen molar-refractivity contribution in [2.24, 2.45) is 11.7 Å². The lowest BCUT2D eigenvalue weighted by atomic mass is 9.99. The summed E-state index contributed by atoms with van der Waals surface area (Å²) in [6.07, 6.45) is 11.6. The van der Waals surface area contributed by atoms with Crippen LogP contribution in [-0.4, -0.2) is 6.54 Å². The summed E-state index contributed by atoms with van der Waals surface area (Å²) in [5.41, 5.74) is 7.85. The molecular formula is C14H23N. The molecule has 0 fully saturated rings. The van der Waals surface area contributed by atoms with E-state index in [4.69, 9.17) is 5.73 Å². The Bertz CT molecular complexity index is 269. The van der Waals surface area contributed by atoms with Crippen LogP contribution < -0.4 is 5.73 Å². The molecule has 1 atom stereocenters. The molecule has 1 nitrogen and oxygen atoms in total. The van der Waals surface area contributed by atoms with Gasteiger partial charge in [0.15, 0.2) is 0 Å². The molecule has 0 aliphatic carbocycles. The number of nitrogens with two attached hydrogens (primary N) is 1. The quantitative estimate of drug-likeness (QED) is 0.659. The van der Waals surface area contributed by atoms with E-state index in [-0.39, 0.29) is 0 Å². The third-order valence-corrected chi connectivity index (χ3v) is 2.11. The van der Waals surface area contributed by atoms with Gasteiger partial charge in [-0.15, -0.1) is 0 Å². The zero-order valence-corrected chi connectivity index (χ0v) is 10.2. The Kier molecular flexibility index (Phi) is 7.65. The zero-order chi connectivity index (χ0) is 11.7. The van der Waals surface area contributed by atoms with Gasteiger partial charge in [-0.2, -0.15) is 0 Å². The fourth-order valence-corrected chi connectivity index (χ4v) is 1.27. The number of allylic oxidation sites excluding steroid dienone is 6. The predicted molar refractivity (Wildman–Crippen MR) is 69.7 cm³/mol. The first-order valence-electron chi connectivity index (χ1n) is 5.45. The van der Waals surface area contributed by atoms with E-state index in [9.17, 15) is 0 Å². The molecule has 84 valence electrons. The Morgan fingerprint density at radius 1 is 1.40 bits per heavy atom. The largest absolute Gasteiger partial charge is 0.327 e. The lowest BCUT2D eigenvalue weighted by Gasteiger charge is -2.06. The van der Waals surface area contributed by atoms with E-state index in [0.29, 0.717) is 12.5 Å². The molecule has 0 aromatic heterocycles. The van der Waals surface area contributed by atoms with Crippen LogP contribution in [0.15, 0.2) is 48.1 Å².